The van der Waals surface area contributed by atoms with Gasteiger partial charge in [0.2, 0.25) is 0 Å². The average molecular weight is 437 g/mol. The van der Waals surface area contributed by atoms with Crippen LogP contribution in [0.15, 0.2) is 72.9 Å². The van der Waals surface area contributed by atoms with Crippen molar-refractivity contribution in [1.29, 1.82) is 5.26 Å². The van der Waals surface area contributed by atoms with Crippen LogP contribution in [0.2, 0.25) is 0 Å². The van der Waals surface area contributed by atoms with Crippen molar-refractivity contribution in [3.63, 3.8) is 0 Å². The van der Waals surface area contributed by atoms with E-state index in [1.165, 1.54) is 5.56 Å². The number of hydrogen-bond donors (Lipinski definition) is 1. The van der Waals surface area contributed by atoms with Crippen molar-refractivity contribution in [2.45, 2.75) is 24.9 Å². The highest BCUT2D eigenvalue weighted by atomic mass is 16.5. The van der Waals surface area contributed by atoms with E-state index in [1.807, 2.05) is 42.2 Å². The van der Waals surface area contributed by atoms with Gasteiger partial charge in [-0.3, -0.25) is 4.68 Å². The Morgan fingerprint density at radius 2 is 1.79 bits per heavy atom. The van der Waals surface area contributed by atoms with Crippen LogP contribution in [0.5, 0.6) is 0 Å². The standard InChI is InChI=1S/C28H28N4O/c1-32-27-24(18-31-32)15-23(22-9-7-21(17-29)8-10-22)16-25(27)19-33-20-28(11-13-30-14-12-28)26-5-3-2-4-6-26/h2-10,15-16,18,30H,11-14,19-20H2,1H3. The van der Waals surface area contributed by atoms with Gasteiger partial charge in [-0.15, -0.1) is 0 Å². The SMILES string of the molecule is Cn1ncc2cc(-c3ccc(C#N)cc3)cc(COCC3(c4ccccc4)CCNCC3)c21. The lowest BCUT2D eigenvalue weighted by atomic mass is 9.74. The Morgan fingerprint density at radius 3 is 2.52 bits per heavy atom. The van der Waals surface area contributed by atoms with Crippen LogP contribution in [-0.2, 0) is 23.8 Å². The Bertz CT molecular complexity index is 1280. The molecule has 0 bridgehead atoms. The van der Waals surface area contributed by atoms with E-state index in [0.717, 1.165) is 53.5 Å². The predicted octanol–water partition coefficient (Wildman–Crippen LogP) is 4.95. The number of aryl methyl sites for hydroxylation is 1. The molecule has 0 radical (unpaired) electrons. The highest BCUT2D eigenvalue weighted by Gasteiger charge is 2.34. The molecule has 0 saturated carbocycles. The van der Waals surface area contributed by atoms with Gasteiger partial charge in [-0.1, -0.05) is 42.5 Å². The van der Waals surface area contributed by atoms with E-state index in [4.69, 9.17) is 10.00 Å². The van der Waals surface area contributed by atoms with E-state index in [2.05, 4.69) is 58.9 Å². The molecule has 1 fully saturated rings. The first-order valence-electron chi connectivity index (χ1n) is 11.5. The van der Waals surface area contributed by atoms with Crippen LogP contribution in [0.4, 0.5) is 0 Å². The van der Waals surface area contributed by atoms with Crippen LogP contribution in [-0.4, -0.2) is 29.5 Å². The van der Waals surface area contributed by atoms with E-state index < -0.39 is 0 Å². The number of hydrogen-bond acceptors (Lipinski definition) is 4. The average Bonchev–Trinajstić information content (AvgIpc) is 3.26. The molecule has 5 heteroatoms. The summed E-state index contributed by atoms with van der Waals surface area (Å²) in [6.45, 7) is 3.25. The van der Waals surface area contributed by atoms with Gasteiger partial charge in [0, 0.05) is 23.4 Å². The van der Waals surface area contributed by atoms with Crippen LogP contribution < -0.4 is 5.32 Å². The molecule has 0 amide bonds. The van der Waals surface area contributed by atoms with Crippen molar-refractivity contribution in [3.8, 4) is 17.2 Å². The summed E-state index contributed by atoms with van der Waals surface area (Å²) in [6.07, 6.45) is 4.05. The maximum absolute atomic E-state index is 9.11. The molecule has 4 aromatic rings. The highest BCUT2D eigenvalue weighted by Crippen LogP contribution is 2.35. The zero-order chi connectivity index (χ0) is 22.7. The van der Waals surface area contributed by atoms with Crippen molar-refractivity contribution in [1.82, 2.24) is 15.1 Å². The Labute approximate surface area is 194 Å². The summed E-state index contributed by atoms with van der Waals surface area (Å²) in [6, 6.07) is 25.1. The molecule has 1 aliphatic rings. The number of ether oxygens (including phenoxy) is 1. The number of piperidine rings is 1. The molecule has 0 aliphatic carbocycles. The third-order valence-electron chi connectivity index (χ3n) is 6.84. The zero-order valence-electron chi connectivity index (χ0n) is 18.9. The first-order valence-corrected chi connectivity index (χ1v) is 11.5. The van der Waals surface area contributed by atoms with Crippen molar-refractivity contribution in [2.75, 3.05) is 19.7 Å². The number of aromatic nitrogens is 2. The van der Waals surface area contributed by atoms with Crippen molar-refractivity contribution < 1.29 is 4.74 Å². The lowest BCUT2D eigenvalue weighted by Gasteiger charge is -2.38. The predicted molar refractivity (Wildman–Crippen MR) is 131 cm³/mol. The number of benzene rings is 3. The van der Waals surface area contributed by atoms with E-state index in [-0.39, 0.29) is 5.41 Å². The van der Waals surface area contributed by atoms with Gasteiger partial charge >= 0.3 is 0 Å². The minimum absolute atomic E-state index is 0.0445. The molecular formula is C28H28N4O. The Balaban J connectivity index is 1.43. The summed E-state index contributed by atoms with van der Waals surface area (Å²) in [4.78, 5) is 0. The Kier molecular flexibility index (Phi) is 5.95. The Morgan fingerprint density at radius 1 is 1.03 bits per heavy atom. The van der Waals surface area contributed by atoms with Crippen LogP contribution >= 0.6 is 0 Å². The number of nitriles is 1. The summed E-state index contributed by atoms with van der Waals surface area (Å²) >= 11 is 0. The third-order valence-corrected chi connectivity index (χ3v) is 6.84. The molecule has 5 nitrogen and oxygen atoms in total. The minimum atomic E-state index is 0.0445. The summed E-state index contributed by atoms with van der Waals surface area (Å²) in [5.74, 6) is 0. The van der Waals surface area contributed by atoms with E-state index in [1.54, 1.807) is 0 Å². The number of fused-ring (bicyclic) bond motifs is 1. The van der Waals surface area contributed by atoms with Crippen molar-refractivity contribution in [3.05, 3.63) is 89.6 Å². The molecule has 0 spiro atoms. The smallest absolute Gasteiger partial charge is 0.0991 e. The van der Waals surface area contributed by atoms with E-state index >= 15 is 0 Å². The quantitative estimate of drug-likeness (QED) is 0.465. The van der Waals surface area contributed by atoms with Crippen LogP contribution in [0.3, 0.4) is 0 Å². The van der Waals surface area contributed by atoms with Gasteiger partial charge in [-0.05, 0) is 66.9 Å². The third kappa shape index (κ3) is 4.28. The molecule has 33 heavy (non-hydrogen) atoms. The maximum atomic E-state index is 9.11. The molecule has 3 aromatic carbocycles. The molecule has 1 saturated heterocycles. The second-order valence-electron chi connectivity index (χ2n) is 8.92. The molecule has 2 heterocycles. The molecule has 1 aromatic heterocycles. The fraction of sp³-hybridized carbons (Fsp3) is 0.286. The molecule has 1 aliphatic heterocycles. The molecular weight excluding hydrogens is 408 g/mol. The van der Waals surface area contributed by atoms with Gasteiger partial charge in [-0.25, -0.2) is 0 Å². The normalized spacial score (nSPS) is 15.4. The first-order chi connectivity index (χ1) is 16.2. The van der Waals surface area contributed by atoms with Gasteiger partial charge < -0.3 is 10.1 Å². The van der Waals surface area contributed by atoms with Gasteiger partial charge in [0.15, 0.2) is 0 Å². The van der Waals surface area contributed by atoms with Gasteiger partial charge in [0.05, 0.1) is 36.6 Å². The first kappa shape index (κ1) is 21.4. The molecule has 0 atom stereocenters. The summed E-state index contributed by atoms with van der Waals surface area (Å²) in [5, 5.41) is 18.2. The van der Waals surface area contributed by atoms with Crippen LogP contribution in [0.25, 0.3) is 22.0 Å². The number of nitrogens with zero attached hydrogens (tertiary/aromatic N) is 3. The maximum Gasteiger partial charge on any atom is 0.0991 e. The fourth-order valence-electron chi connectivity index (χ4n) is 5.00. The van der Waals surface area contributed by atoms with E-state index in [0.29, 0.717) is 18.8 Å². The zero-order valence-corrected chi connectivity index (χ0v) is 18.9. The lowest BCUT2D eigenvalue weighted by molar-refractivity contribution is 0.0569. The Hall–Kier alpha value is -3.46. The summed E-state index contributed by atoms with van der Waals surface area (Å²) < 4.78 is 8.39. The highest BCUT2D eigenvalue weighted by molar-refractivity contribution is 5.87. The molecule has 1 N–H and O–H groups in total. The van der Waals surface area contributed by atoms with Crippen molar-refractivity contribution in [2.24, 2.45) is 7.05 Å². The number of rotatable bonds is 6. The molecule has 5 rings (SSSR count). The van der Waals surface area contributed by atoms with E-state index in [9.17, 15) is 0 Å². The number of nitrogens with one attached hydrogen (secondary N) is 1. The summed E-state index contributed by atoms with van der Waals surface area (Å²) in [5.41, 5.74) is 6.50. The second-order valence-corrected chi connectivity index (χ2v) is 8.92. The van der Waals surface area contributed by atoms with Gasteiger partial charge in [-0.2, -0.15) is 10.4 Å². The topological polar surface area (TPSA) is 62.9 Å². The van der Waals surface area contributed by atoms with Crippen molar-refractivity contribution >= 4 is 10.9 Å². The lowest BCUT2D eigenvalue weighted by Crippen LogP contribution is -2.43. The molecule has 166 valence electrons. The monoisotopic (exact) mass is 436 g/mol. The fourth-order valence-corrected chi connectivity index (χ4v) is 5.00. The second kappa shape index (κ2) is 9.19. The van der Waals surface area contributed by atoms with Crippen LogP contribution in [0, 0.1) is 11.3 Å². The minimum Gasteiger partial charge on any atom is -0.376 e. The largest absolute Gasteiger partial charge is 0.376 e. The molecule has 0 unspecified atom stereocenters. The van der Waals surface area contributed by atoms with Gasteiger partial charge in [0.1, 0.15) is 0 Å². The van der Waals surface area contributed by atoms with Crippen LogP contribution in [0.1, 0.15) is 29.5 Å². The summed E-state index contributed by atoms with van der Waals surface area (Å²) in [7, 11) is 1.98. The van der Waals surface area contributed by atoms with Gasteiger partial charge in [0.25, 0.3) is 0 Å².